The van der Waals surface area contributed by atoms with Crippen molar-refractivity contribution in [2.24, 2.45) is 12.0 Å². The summed E-state index contributed by atoms with van der Waals surface area (Å²) in [4.78, 5) is 4.25. The van der Waals surface area contributed by atoms with Crippen molar-refractivity contribution < 1.29 is 0 Å². The Kier molecular flexibility index (Phi) is 2.67. The molecule has 0 aromatic carbocycles. The largest absolute Gasteiger partial charge is 0.356 e. The predicted octanol–water partition coefficient (Wildman–Crippen LogP) is -0.489. The molecule has 0 saturated carbocycles. The van der Waals surface area contributed by atoms with Crippen molar-refractivity contribution in [1.82, 2.24) is 20.4 Å². The average Bonchev–Trinajstić information content (AvgIpc) is 2.78. The molecule has 0 aliphatic carbocycles. The van der Waals surface area contributed by atoms with Gasteiger partial charge >= 0.3 is 0 Å². The van der Waals surface area contributed by atoms with Crippen LogP contribution in [0.5, 0.6) is 0 Å². The minimum absolute atomic E-state index is 0.883. The minimum Gasteiger partial charge on any atom is -0.356 e. The van der Waals surface area contributed by atoms with Crippen LogP contribution >= 0.6 is 0 Å². The molecule has 1 aliphatic rings. The van der Waals surface area contributed by atoms with Crippen molar-refractivity contribution in [3.05, 3.63) is 18.0 Å². The van der Waals surface area contributed by atoms with Gasteiger partial charge in [-0.2, -0.15) is 5.10 Å². The van der Waals surface area contributed by atoms with Crippen LogP contribution in [0.15, 0.2) is 17.3 Å². The second-order valence-electron chi connectivity index (χ2n) is 3.28. The van der Waals surface area contributed by atoms with Crippen LogP contribution in [0, 0.1) is 0 Å². The Hall–Kier alpha value is -1.52. The molecule has 5 nitrogen and oxygen atoms in total. The van der Waals surface area contributed by atoms with Gasteiger partial charge in [0.05, 0.1) is 6.54 Å². The molecular formula is C9H15N5. The molecule has 0 radical (unpaired) electrons. The number of aromatic nitrogens is 2. The fourth-order valence-electron chi connectivity index (χ4n) is 1.47. The lowest BCUT2D eigenvalue weighted by Gasteiger charge is -2.06. The molecule has 76 valence electrons. The van der Waals surface area contributed by atoms with E-state index in [2.05, 4.69) is 20.7 Å². The molecular weight excluding hydrogens is 178 g/mol. The lowest BCUT2D eigenvalue weighted by atomic mass is 10.3. The number of hydrogen-bond donors (Lipinski definition) is 2. The van der Waals surface area contributed by atoms with Crippen molar-refractivity contribution in [2.75, 3.05) is 19.6 Å². The van der Waals surface area contributed by atoms with Crippen LogP contribution in [0.25, 0.3) is 0 Å². The van der Waals surface area contributed by atoms with E-state index in [-0.39, 0.29) is 0 Å². The molecule has 0 amide bonds. The third kappa shape index (κ3) is 2.04. The second-order valence-corrected chi connectivity index (χ2v) is 3.28. The topological polar surface area (TPSA) is 54.2 Å². The van der Waals surface area contributed by atoms with Crippen molar-refractivity contribution in [3.8, 4) is 0 Å². The first-order chi connectivity index (χ1) is 6.86. The predicted molar refractivity (Wildman–Crippen MR) is 55.2 cm³/mol. The number of rotatable bonds is 3. The zero-order valence-corrected chi connectivity index (χ0v) is 8.32. The Morgan fingerprint density at radius 3 is 3.21 bits per heavy atom. The summed E-state index contributed by atoms with van der Waals surface area (Å²) in [6.45, 7) is 2.73. The Morgan fingerprint density at radius 2 is 2.57 bits per heavy atom. The normalized spacial score (nSPS) is 15.1. The van der Waals surface area contributed by atoms with Gasteiger partial charge < -0.3 is 10.6 Å². The van der Waals surface area contributed by atoms with Crippen molar-refractivity contribution in [3.63, 3.8) is 0 Å². The maximum atomic E-state index is 4.25. The standard InChI is InChI=1S/C9H15N5/c1-14-8(3-5-13-14)2-4-10-9-11-6-7-12-9/h3,5H,2,4,6-7H2,1H3,(H2,10,11,12). The highest BCUT2D eigenvalue weighted by molar-refractivity contribution is 5.81. The van der Waals surface area contributed by atoms with Gasteiger partial charge in [0.1, 0.15) is 0 Å². The maximum Gasteiger partial charge on any atom is 0.191 e. The van der Waals surface area contributed by atoms with Crippen molar-refractivity contribution in [1.29, 1.82) is 0 Å². The molecule has 1 aliphatic heterocycles. The zero-order chi connectivity index (χ0) is 9.80. The first-order valence-corrected chi connectivity index (χ1v) is 4.85. The van der Waals surface area contributed by atoms with Crippen molar-refractivity contribution >= 4 is 5.96 Å². The highest BCUT2D eigenvalue weighted by Crippen LogP contribution is 1.96. The summed E-state index contributed by atoms with van der Waals surface area (Å²) < 4.78 is 1.89. The smallest absolute Gasteiger partial charge is 0.191 e. The van der Waals surface area contributed by atoms with E-state index in [9.17, 15) is 0 Å². The van der Waals surface area contributed by atoms with Crippen LogP contribution in [0.3, 0.4) is 0 Å². The molecule has 5 heteroatoms. The van der Waals surface area contributed by atoms with Gasteiger partial charge in [0.15, 0.2) is 5.96 Å². The van der Waals surface area contributed by atoms with E-state index in [0.29, 0.717) is 0 Å². The van der Waals surface area contributed by atoms with Crippen LogP contribution in [0.2, 0.25) is 0 Å². The first-order valence-electron chi connectivity index (χ1n) is 4.85. The quantitative estimate of drug-likeness (QED) is 0.681. The highest BCUT2D eigenvalue weighted by Gasteiger charge is 2.03. The molecule has 2 N–H and O–H groups in total. The number of aryl methyl sites for hydroxylation is 1. The zero-order valence-electron chi connectivity index (χ0n) is 8.32. The fourth-order valence-corrected chi connectivity index (χ4v) is 1.47. The van der Waals surface area contributed by atoms with Gasteiger partial charge in [0.25, 0.3) is 0 Å². The average molecular weight is 193 g/mol. The van der Waals surface area contributed by atoms with Gasteiger partial charge in [-0.3, -0.25) is 9.67 Å². The van der Waals surface area contributed by atoms with Gasteiger partial charge in [-0.15, -0.1) is 0 Å². The van der Waals surface area contributed by atoms with Crippen LogP contribution < -0.4 is 10.6 Å². The van der Waals surface area contributed by atoms with E-state index >= 15 is 0 Å². The Bertz CT molecular complexity index is 328. The summed E-state index contributed by atoms with van der Waals surface area (Å²) in [6.07, 6.45) is 2.79. The maximum absolute atomic E-state index is 4.25. The number of hydrogen-bond acceptors (Lipinski definition) is 4. The van der Waals surface area contributed by atoms with E-state index in [1.54, 1.807) is 0 Å². The summed E-state index contributed by atoms with van der Waals surface area (Å²) in [6, 6.07) is 2.03. The molecule has 0 atom stereocenters. The summed E-state index contributed by atoms with van der Waals surface area (Å²) in [5.41, 5.74) is 1.23. The highest BCUT2D eigenvalue weighted by atomic mass is 15.3. The summed E-state index contributed by atoms with van der Waals surface area (Å²) >= 11 is 0. The van der Waals surface area contributed by atoms with Gasteiger partial charge in [0, 0.05) is 38.4 Å². The third-order valence-corrected chi connectivity index (χ3v) is 2.27. The van der Waals surface area contributed by atoms with Gasteiger partial charge in [-0.05, 0) is 6.07 Å². The van der Waals surface area contributed by atoms with E-state index in [1.165, 1.54) is 5.69 Å². The Morgan fingerprint density at radius 1 is 1.64 bits per heavy atom. The van der Waals surface area contributed by atoms with Crippen LogP contribution in [0.1, 0.15) is 5.69 Å². The molecule has 0 bridgehead atoms. The van der Waals surface area contributed by atoms with E-state index in [0.717, 1.165) is 32.0 Å². The summed E-state index contributed by atoms with van der Waals surface area (Å²) in [7, 11) is 1.96. The molecule has 2 heterocycles. The monoisotopic (exact) mass is 193 g/mol. The van der Waals surface area contributed by atoms with Crippen LogP contribution in [-0.2, 0) is 13.5 Å². The molecule has 0 spiro atoms. The van der Waals surface area contributed by atoms with Gasteiger partial charge in [-0.1, -0.05) is 0 Å². The fraction of sp³-hybridized carbons (Fsp3) is 0.556. The van der Waals surface area contributed by atoms with E-state index < -0.39 is 0 Å². The molecule has 2 rings (SSSR count). The lowest BCUT2D eigenvalue weighted by molar-refractivity contribution is 0.693. The van der Waals surface area contributed by atoms with Gasteiger partial charge in [0.2, 0.25) is 0 Å². The Balaban J connectivity index is 1.75. The summed E-state index contributed by atoms with van der Waals surface area (Å²) in [5.74, 6) is 0.923. The van der Waals surface area contributed by atoms with Crippen LogP contribution in [-0.4, -0.2) is 35.4 Å². The van der Waals surface area contributed by atoms with E-state index in [1.807, 2.05) is 24.0 Å². The number of nitrogens with one attached hydrogen (secondary N) is 2. The number of nitrogens with zero attached hydrogens (tertiary/aromatic N) is 3. The SMILES string of the molecule is Cn1nccc1CCNC1=NCCN1. The molecule has 0 saturated heterocycles. The molecule has 14 heavy (non-hydrogen) atoms. The van der Waals surface area contributed by atoms with E-state index in [4.69, 9.17) is 0 Å². The second kappa shape index (κ2) is 4.13. The number of guanidine groups is 1. The lowest BCUT2D eigenvalue weighted by Crippen LogP contribution is -2.35. The number of aliphatic imine (C=N–C) groups is 1. The first kappa shape index (κ1) is 9.05. The molecule has 1 aromatic heterocycles. The molecule has 1 aromatic rings. The molecule has 0 fully saturated rings. The van der Waals surface area contributed by atoms with Crippen LogP contribution in [0.4, 0.5) is 0 Å². The summed E-state index contributed by atoms with van der Waals surface area (Å²) in [5, 5.41) is 10.5. The van der Waals surface area contributed by atoms with Crippen molar-refractivity contribution in [2.45, 2.75) is 6.42 Å². The van der Waals surface area contributed by atoms with Gasteiger partial charge in [-0.25, -0.2) is 0 Å². The Labute approximate surface area is 83.2 Å². The minimum atomic E-state index is 0.883. The molecule has 0 unspecified atom stereocenters. The third-order valence-electron chi connectivity index (χ3n) is 2.27.